The average molecular weight is 476 g/mol. The van der Waals surface area contributed by atoms with Crippen molar-refractivity contribution in [2.24, 2.45) is 0 Å². The van der Waals surface area contributed by atoms with Crippen LogP contribution in [0.15, 0.2) is 91.0 Å². The number of carbonyl (C=O) groups excluding carboxylic acids is 4. The fraction of sp³-hybridized carbons (Fsp3) is 0.0667. The summed E-state index contributed by atoms with van der Waals surface area (Å²) in [7, 11) is 0. The zero-order valence-corrected chi connectivity index (χ0v) is 19.3. The van der Waals surface area contributed by atoms with Gasteiger partial charge in [-0.15, -0.1) is 0 Å². The summed E-state index contributed by atoms with van der Waals surface area (Å²) in [5, 5.41) is 0. The summed E-state index contributed by atoms with van der Waals surface area (Å²) < 4.78 is 11.0. The van der Waals surface area contributed by atoms with Crippen LogP contribution in [-0.4, -0.2) is 29.9 Å². The number of ketones is 3. The molecule has 0 N–H and O–H groups in total. The third-order valence-corrected chi connectivity index (χ3v) is 5.93. The number of benzene rings is 4. The maximum atomic E-state index is 13.3. The van der Waals surface area contributed by atoms with Gasteiger partial charge in [-0.3, -0.25) is 19.2 Å². The molecule has 0 atom stereocenters. The van der Waals surface area contributed by atoms with Gasteiger partial charge in [-0.25, -0.2) is 0 Å². The highest BCUT2D eigenvalue weighted by Crippen LogP contribution is 2.39. The number of carbonyl (C=O) groups is 4. The lowest BCUT2D eigenvalue weighted by atomic mass is 9.83. The quantitative estimate of drug-likeness (QED) is 0.187. The van der Waals surface area contributed by atoms with Crippen LogP contribution >= 0.6 is 0 Å². The van der Waals surface area contributed by atoms with Crippen LogP contribution in [0.25, 0.3) is 11.1 Å². The maximum Gasteiger partial charge on any atom is 0.308 e. The van der Waals surface area contributed by atoms with Gasteiger partial charge in [0.15, 0.2) is 35.5 Å². The van der Waals surface area contributed by atoms with Gasteiger partial charge in [-0.2, -0.15) is 0 Å². The molecular formula is C30H20O6. The molecule has 1 aliphatic carbocycles. The molecule has 0 saturated carbocycles. The minimum absolute atomic E-state index is 0.0266. The molecule has 0 fully saturated rings. The first-order chi connectivity index (χ1) is 17.4. The summed E-state index contributed by atoms with van der Waals surface area (Å²) in [6, 6.07) is 26.3. The van der Waals surface area contributed by atoms with E-state index >= 15 is 0 Å². The first-order valence-electron chi connectivity index (χ1n) is 11.3. The fourth-order valence-corrected chi connectivity index (χ4v) is 4.20. The van der Waals surface area contributed by atoms with Crippen molar-refractivity contribution in [3.8, 4) is 22.6 Å². The number of fused-ring (bicyclic) bond motifs is 2. The lowest BCUT2D eigenvalue weighted by molar-refractivity contribution is -0.132. The molecule has 6 heteroatoms. The minimum atomic E-state index is -0.685. The zero-order chi connectivity index (χ0) is 25.2. The molecule has 0 amide bonds. The number of esters is 1. The van der Waals surface area contributed by atoms with E-state index in [0.717, 1.165) is 11.1 Å². The van der Waals surface area contributed by atoms with Crippen molar-refractivity contribution in [2.45, 2.75) is 6.92 Å². The van der Waals surface area contributed by atoms with Crippen LogP contribution in [0.3, 0.4) is 0 Å². The topological polar surface area (TPSA) is 86.7 Å². The summed E-state index contributed by atoms with van der Waals surface area (Å²) in [4.78, 5) is 50.9. The number of ether oxygens (including phenoxy) is 2. The standard InChI is InChI=1S/C30H20O6/c1-18(31)36-30-26(16-15-24-27(30)29(34)23-10-6-5-9-22(23)28(24)33)35-17-25(32)21-13-11-20(12-14-21)19-7-3-2-4-8-19/h2-16H,17H2,1H3. The van der Waals surface area contributed by atoms with Gasteiger partial charge in [0.25, 0.3) is 0 Å². The molecule has 4 aromatic rings. The lowest BCUT2D eigenvalue weighted by Crippen LogP contribution is -2.23. The van der Waals surface area contributed by atoms with Crippen LogP contribution in [0.1, 0.15) is 49.1 Å². The van der Waals surface area contributed by atoms with E-state index < -0.39 is 11.8 Å². The van der Waals surface area contributed by atoms with Crippen molar-refractivity contribution in [1.82, 2.24) is 0 Å². The fourth-order valence-electron chi connectivity index (χ4n) is 4.20. The van der Waals surface area contributed by atoms with Crippen molar-refractivity contribution < 1.29 is 28.7 Å². The van der Waals surface area contributed by atoms with Gasteiger partial charge in [0.1, 0.15) is 0 Å². The average Bonchev–Trinajstić information content (AvgIpc) is 2.91. The number of rotatable bonds is 6. The van der Waals surface area contributed by atoms with Gasteiger partial charge >= 0.3 is 5.97 Å². The molecule has 0 heterocycles. The monoisotopic (exact) mass is 476 g/mol. The first-order valence-corrected chi connectivity index (χ1v) is 11.3. The highest BCUT2D eigenvalue weighted by molar-refractivity contribution is 6.29. The molecule has 6 nitrogen and oxygen atoms in total. The van der Waals surface area contributed by atoms with Crippen molar-refractivity contribution >= 4 is 23.3 Å². The highest BCUT2D eigenvalue weighted by atomic mass is 16.6. The van der Waals surface area contributed by atoms with E-state index in [1.54, 1.807) is 36.4 Å². The molecule has 1 aliphatic rings. The van der Waals surface area contributed by atoms with Gasteiger partial charge < -0.3 is 9.47 Å². The molecule has 0 saturated heterocycles. The van der Waals surface area contributed by atoms with E-state index in [-0.39, 0.29) is 51.9 Å². The van der Waals surface area contributed by atoms with Crippen LogP contribution in [0.4, 0.5) is 0 Å². The molecule has 5 rings (SSSR count). The molecule has 0 radical (unpaired) electrons. The predicted octanol–water partition coefficient (Wildman–Crippen LogP) is 5.32. The summed E-state index contributed by atoms with van der Waals surface area (Å²) in [6.45, 7) is 0.835. The van der Waals surface area contributed by atoms with Gasteiger partial charge in [0, 0.05) is 29.2 Å². The smallest absolute Gasteiger partial charge is 0.308 e. The number of Topliss-reactive ketones (excluding diaryl/α,β-unsaturated/α-hetero) is 1. The molecule has 4 aromatic carbocycles. The lowest BCUT2D eigenvalue weighted by Gasteiger charge is -2.21. The van der Waals surface area contributed by atoms with E-state index in [2.05, 4.69) is 0 Å². The van der Waals surface area contributed by atoms with Crippen LogP contribution in [0.5, 0.6) is 11.5 Å². The Bertz CT molecular complexity index is 1520. The second kappa shape index (κ2) is 9.43. The molecule has 176 valence electrons. The Hall–Kier alpha value is -4.84. The minimum Gasteiger partial charge on any atom is -0.481 e. The Morgan fingerprint density at radius 2 is 1.28 bits per heavy atom. The third-order valence-electron chi connectivity index (χ3n) is 5.93. The van der Waals surface area contributed by atoms with Gasteiger partial charge in [0.2, 0.25) is 0 Å². The molecule has 36 heavy (non-hydrogen) atoms. The van der Waals surface area contributed by atoms with Crippen molar-refractivity contribution in [2.75, 3.05) is 6.61 Å². The molecule has 0 bridgehead atoms. The van der Waals surface area contributed by atoms with Gasteiger partial charge in [-0.05, 0) is 23.3 Å². The zero-order valence-electron chi connectivity index (χ0n) is 19.3. The molecular weight excluding hydrogens is 456 g/mol. The first kappa shape index (κ1) is 22.9. The van der Waals surface area contributed by atoms with Crippen molar-refractivity contribution in [3.63, 3.8) is 0 Å². The summed E-state index contributed by atoms with van der Waals surface area (Å²) in [5.41, 5.74) is 3.02. The molecule has 0 aromatic heterocycles. The van der Waals surface area contributed by atoms with E-state index in [1.165, 1.54) is 19.1 Å². The number of hydrogen-bond acceptors (Lipinski definition) is 6. The van der Waals surface area contributed by atoms with Crippen molar-refractivity contribution in [1.29, 1.82) is 0 Å². The highest BCUT2D eigenvalue weighted by Gasteiger charge is 2.34. The molecule has 0 spiro atoms. The largest absolute Gasteiger partial charge is 0.481 e. The maximum absolute atomic E-state index is 13.3. The second-order valence-electron chi connectivity index (χ2n) is 8.27. The Labute approximate surface area is 207 Å². The Morgan fingerprint density at radius 3 is 1.94 bits per heavy atom. The second-order valence-corrected chi connectivity index (χ2v) is 8.27. The molecule has 0 aliphatic heterocycles. The Balaban J connectivity index is 1.42. The van der Waals surface area contributed by atoms with Crippen LogP contribution in [0, 0.1) is 0 Å². The molecule has 0 unspecified atom stereocenters. The Kier molecular flexibility index (Phi) is 6.00. The summed E-state index contributed by atoms with van der Waals surface area (Å²) in [6.07, 6.45) is 0. The Morgan fingerprint density at radius 1 is 0.667 bits per heavy atom. The SMILES string of the molecule is CC(=O)Oc1c(OCC(=O)c2ccc(-c3ccccc3)cc2)ccc2c1C(=O)c1ccccc1C2=O. The normalized spacial score (nSPS) is 11.9. The predicted molar refractivity (Wildman–Crippen MR) is 133 cm³/mol. The summed E-state index contributed by atoms with van der Waals surface area (Å²) >= 11 is 0. The van der Waals surface area contributed by atoms with E-state index in [4.69, 9.17) is 9.47 Å². The van der Waals surface area contributed by atoms with E-state index in [1.807, 2.05) is 42.5 Å². The van der Waals surface area contributed by atoms with Crippen molar-refractivity contribution in [3.05, 3.63) is 119 Å². The third kappa shape index (κ3) is 4.20. The summed E-state index contributed by atoms with van der Waals surface area (Å²) in [5.74, 6) is -1.93. The van der Waals surface area contributed by atoms with Crippen LogP contribution in [0.2, 0.25) is 0 Å². The van der Waals surface area contributed by atoms with Gasteiger partial charge in [0.05, 0.1) is 5.56 Å². The van der Waals surface area contributed by atoms with Gasteiger partial charge in [-0.1, -0.05) is 78.9 Å². The van der Waals surface area contributed by atoms with Crippen LogP contribution < -0.4 is 9.47 Å². The van der Waals surface area contributed by atoms with E-state index in [0.29, 0.717) is 5.56 Å². The number of hydrogen-bond donors (Lipinski definition) is 0. The van der Waals surface area contributed by atoms with E-state index in [9.17, 15) is 19.2 Å². The van der Waals surface area contributed by atoms with Crippen LogP contribution in [-0.2, 0) is 4.79 Å².